The van der Waals surface area contributed by atoms with Gasteiger partial charge in [-0.2, -0.15) is 4.57 Å². The Morgan fingerprint density at radius 1 is 1.07 bits per heavy atom. The zero-order valence-electron chi connectivity index (χ0n) is 24.9. The molecule has 0 unspecified atom stereocenters. The predicted octanol–water partition coefficient (Wildman–Crippen LogP) is 5.41. The average Bonchev–Trinajstić information content (AvgIpc) is 3.30. The number of aryl methyl sites for hydroxylation is 1. The summed E-state index contributed by atoms with van der Waals surface area (Å²) < 4.78 is 9.98. The fraction of sp³-hybridized carbons (Fsp3) is 0.485. The summed E-state index contributed by atoms with van der Waals surface area (Å²) in [5.41, 5.74) is 3.70. The molecule has 3 heterocycles. The van der Waals surface area contributed by atoms with Gasteiger partial charge in [-0.1, -0.05) is 35.5 Å². The molecule has 1 fully saturated rings. The molecule has 6 nitrogen and oxygen atoms in total. The van der Waals surface area contributed by atoms with Gasteiger partial charge in [-0.05, 0) is 35.9 Å². The third-order valence-electron chi connectivity index (χ3n) is 8.64. The van der Waals surface area contributed by atoms with Crippen LogP contribution in [0.3, 0.4) is 0 Å². The van der Waals surface area contributed by atoms with Crippen LogP contribution in [-0.4, -0.2) is 94.3 Å². The van der Waals surface area contributed by atoms with Gasteiger partial charge in [0.2, 0.25) is 5.52 Å². The molecule has 2 aromatic carbocycles. The quantitative estimate of drug-likeness (QED) is 0.224. The van der Waals surface area contributed by atoms with Crippen molar-refractivity contribution in [3.8, 4) is 0 Å². The van der Waals surface area contributed by atoms with Gasteiger partial charge in [-0.15, -0.1) is 0 Å². The third-order valence-corrected chi connectivity index (χ3v) is 9.99. The number of likely N-dealkylation sites (N-methyl/N-ethyl adjacent to an activating group) is 1. The summed E-state index contributed by atoms with van der Waals surface area (Å²) in [5.74, 6) is 0. The molecule has 2 aliphatic heterocycles. The van der Waals surface area contributed by atoms with Gasteiger partial charge in [-0.3, -0.25) is 0 Å². The molecule has 1 aromatic heterocycles. The van der Waals surface area contributed by atoms with Crippen LogP contribution in [0.2, 0.25) is 5.02 Å². The van der Waals surface area contributed by atoms with E-state index in [2.05, 4.69) is 85.3 Å². The molecule has 0 saturated carbocycles. The lowest BCUT2D eigenvalue weighted by Gasteiger charge is -2.37. The lowest BCUT2D eigenvalue weighted by molar-refractivity contribution is -0.918. The van der Waals surface area contributed by atoms with Crippen molar-refractivity contribution in [3.63, 3.8) is 0 Å². The summed E-state index contributed by atoms with van der Waals surface area (Å²) in [5, 5.41) is 12.6. The van der Waals surface area contributed by atoms with Crippen LogP contribution < -0.4 is 9.47 Å². The molecule has 0 bridgehead atoms. The maximum Gasteiger partial charge on any atom is 0.214 e. The first kappa shape index (κ1) is 30.3. The number of morpholine rings is 1. The van der Waals surface area contributed by atoms with Crippen molar-refractivity contribution < 1.29 is 23.4 Å². The highest BCUT2D eigenvalue weighted by Gasteiger charge is 2.27. The molecule has 8 heteroatoms. The van der Waals surface area contributed by atoms with E-state index in [4.69, 9.17) is 16.3 Å². The lowest BCUT2D eigenvalue weighted by Crippen LogP contribution is -2.53. The second-order valence-electron chi connectivity index (χ2n) is 12.4. The third kappa shape index (κ3) is 7.64. The summed E-state index contributed by atoms with van der Waals surface area (Å²) in [6, 6.07) is 17.3. The number of quaternary nitrogens is 2. The number of para-hydroxylation sites is 1. The van der Waals surface area contributed by atoms with E-state index in [0.717, 1.165) is 92.3 Å². The molecule has 0 aliphatic carbocycles. The van der Waals surface area contributed by atoms with Gasteiger partial charge in [0, 0.05) is 48.0 Å². The van der Waals surface area contributed by atoms with E-state index in [1.165, 1.54) is 32.1 Å². The van der Waals surface area contributed by atoms with Crippen molar-refractivity contribution in [2.75, 3.05) is 85.1 Å². The van der Waals surface area contributed by atoms with Crippen molar-refractivity contribution in [2.24, 2.45) is 0 Å². The number of ether oxygens (including phenoxy) is 1. The summed E-state index contributed by atoms with van der Waals surface area (Å²) in [7, 11) is 6.88. The molecule has 2 aliphatic rings. The highest BCUT2D eigenvalue weighted by atomic mass is 35.5. The molecule has 1 saturated heterocycles. The number of hydrogen-bond donors (Lipinski definition) is 1. The Morgan fingerprint density at radius 3 is 2.66 bits per heavy atom. The zero-order valence-corrected chi connectivity index (χ0v) is 26.5. The Morgan fingerprint density at radius 2 is 1.85 bits per heavy atom. The second-order valence-corrected chi connectivity index (χ2v) is 13.9. The van der Waals surface area contributed by atoms with E-state index in [9.17, 15) is 5.11 Å². The first-order chi connectivity index (χ1) is 19.8. The Balaban J connectivity index is 1.37. The van der Waals surface area contributed by atoms with E-state index in [-0.39, 0.29) is 6.61 Å². The second kappa shape index (κ2) is 13.4. The number of pyridine rings is 1. The van der Waals surface area contributed by atoms with Gasteiger partial charge >= 0.3 is 0 Å². The van der Waals surface area contributed by atoms with Crippen LogP contribution in [-0.2, 0) is 11.3 Å². The van der Waals surface area contributed by atoms with Crippen LogP contribution in [0.25, 0.3) is 17.0 Å². The van der Waals surface area contributed by atoms with Crippen LogP contribution in [0.15, 0.2) is 64.7 Å². The number of aromatic nitrogens is 1. The van der Waals surface area contributed by atoms with Gasteiger partial charge in [0.15, 0.2) is 12.7 Å². The number of fused-ring (bicyclic) bond motifs is 2. The maximum atomic E-state index is 9.28. The standard InChI is InChI=1S/C33H46ClN4O2S/c1-37(2,18-8-22-39)17-7-15-36-30-9-4-5-10-32(30)41-33(36)25-27-13-16-35(31-26-28(34)11-12-29(27)31)14-6-19-38(3)20-23-40-24-21-38/h4-5,9-13,16,25-26,39H,6-8,14-15,17-24H2,1-3H3/q+3. The number of aliphatic hydroxyl groups is 1. The molecule has 220 valence electrons. The summed E-state index contributed by atoms with van der Waals surface area (Å²) in [6.07, 6.45) is 7.65. The fourth-order valence-electron chi connectivity index (χ4n) is 6.07. The highest BCUT2D eigenvalue weighted by Crippen LogP contribution is 2.46. The minimum absolute atomic E-state index is 0.259. The van der Waals surface area contributed by atoms with Crippen molar-refractivity contribution >= 4 is 46.0 Å². The van der Waals surface area contributed by atoms with Crippen LogP contribution in [0.5, 0.6) is 0 Å². The number of anilines is 1. The van der Waals surface area contributed by atoms with E-state index >= 15 is 0 Å². The number of halogens is 1. The Labute approximate surface area is 255 Å². The Hall–Kier alpha value is -2.13. The molecular formula is C33H46ClN4O2S+3. The van der Waals surface area contributed by atoms with Crippen LogP contribution >= 0.6 is 23.4 Å². The van der Waals surface area contributed by atoms with Crippen LogP contribution in [0, 0.1) is 0 Å². The smallest absolute Gasteiger partial charge is 0.214 e. The molecule has 3 aromatic rings. The fourth-order valence-corrected chi connectivity index (χ4v) is 7.38. The SMILES string of the molecule is C[N+](C)(CCCO)CCCN1/C(=C/c2cc[n+](CCC[N+]3(C)CCOCC3)c3cc(Cl)ccc23)Sc2ccccc21. The topological polar surface area (TPSA) is 36.6 Å². The van der Waals surface area contributed by atoms with Gasteiger partial charge in [0.25, 0.3) is 0 Å². The monoisotopic (exact) mass is 597 g/mol. The summed E-state index contributed by atoms with van der Waals surface area (Å²) in [4.78, 5) is 3.80. The van der Waals surface area contributed by atoms with Gasteiger partial charge < -0.3 is 23.7 Å². The molecule has 5 rings (SSSR count). The highest BCUT2D eigenvalue weighted by molar-refractivity contribution is 8.03. The first-order valence-corrected chi connectivity index (χ1v) is 16.2. The van der Waals surface area contributed by atoms with Gasteiger partial charge in [-0.25, -0.2) is 0 Å². The number of thioether (sulfide) groups is 1. The summed E-state index contributed by atoms with van der Waals surface area (Å²) in [6.45, 7) is 9.35. The van der Waals surface area contributed by atoms with Crippen molar-refractivity contribution in [1.82, 2.24) is 0 Å². The van der Waals surface area contributed by atoms with E-state index in [1.54, 1.807) is 0 Å². The zero-order chi connectivity index (χ0) is 28.9. The molecule has 0 spiro atoms. The Kier molecular flexibility index (Phi) is 9.95. The molecule has 0 radical (unpaired) electrons. The van der Waals surface area contributed by atoms with Crippen LogP contribution in [0.1, 0.15) is 24.8 Å². The van der Waals surface area contributed by atoms with Crippen LogP contribution in [0.4, 0.5) is 5.69 Å². The number of aliphatic hydroxyl groups excluding tert-OH is 1. The minimum Gasteiger partial charge on any atom is -0.396 e. The molecular weight excluding hydrogens is 552 g/mol. The molecule has 41 heavy (non-hydrogen) atoms. The summed E-state index contributed by atoms with van der Waals surface area (Å²) >= 11 is 8.39. The average molecular weight is 598 g/mol. The maximum absolute atomic E-state index is 9.28. The van der Waals surface area contributed by atoms with E-state index < -0.39 is 0 Å². The van der Waals surface area contributed by atoms with Crippen molar-refractivity contribution in [2.45, 2.75) is 30.7 Å². The number of nitrogens with zero attached hydrogens (tertiary/aromatic N) is 4. The predicted molar refractivity (Wildman–Crippen MR) is 171 cm³/mol. The van der Waals surface area contributed by atoms with E-state index in [1.807, 2.05) is 17.8 Å². The molecule has 1 N–H and O–H groups in total. The number of benzene rings is 2. The Bertz CT molecular complexity index is 1370. The largest absolute Gasteiger partial charge is 0.396 e. The normalized spacial score (nSPS) is 17.9. The van der Waals surface area contributed by atoms with E-state index in [0.29, 0.717) is 0 Å². The minimum atomic E-state index is 0.259. The van der Waals surface area contributed by atoms with Crippen molar-refractivity contribution in [1.29, 1.82) is 0 Å². The molecule has 0 amide bonds. The van der Waals surface area contributed by atoms with Crippen molar-refractivity contribution in [3.05, 3.63) is 70.3 Å². The lowest BCUT2D eigenvalue weighted by atomic mass is 10.1. The number of hydrogen-bond acceptors (Lipinski definition) is 4. The number of rotatable bonds is 12. The van der Waals surface area contributed by atoms with Gasteiger partial charge in [0.1, 0.15) is 13.1 Å². The molecule has 0 atom stereocenters. The van der Waals surface area contributed by atoms with Gasteiger partial charge in [0.05, 0.1) is 76.5 Å². The first-order valence-electron chi connectivity index (χ1n) is 15.0.